The number of hydrogen-bond donors (Lipinski definition) is 3. The maximum absolute atomic E-state index is 11.4. The first-order chi connectivity index (χ1) is 7.11. The van der Waals surface area contributed by atoms with Crippen molar-refractivity contribution < 1.29 is 9.59 Å². The van der Waals surface area contributed by atoms with E-state index in [2.05, 4.69) is 26.0 Å². The minimum Gasteiger partial charge on any atom is -0.355 e. The molecule has 1 heterocycles. The van der Waals surface area contributed by atoms with Crippen LogP contribution in [-0.2, 0) is 4.79 Å². The Morgan fingerprint density at radius 2 is 1.93 bits per heavy atom. The van der Waals surface area contributed by atoms with Gasteiger partial charge >= 0.3 is 0 Å². The summed E-state index contributed by atoms with van der Waals surface area (Å²) in [5.74, 6) is -0.423. The fraction of sp³-hybridized carbons (Fsp3) is 0.500. The highest BCUT2D eigenvalue weighted by atomic mass is 16.2. The summed E-state index contributed by atoms with van der Waals surface area (Å²) in [7, 11) is 0. The summed E-state index contributed by atoms with van der Waals surface area (Å²) < 4.78 is 0. The summed E-state index contributed by atoms with van der Waals surface area (Å²) in [5, 5.41) is 14.9. The second-order valence-electron chi connectivity index (χ2n) is 3.00. The predicted molar refractivity (Wildman–Crippen MR) is 52.1 cm³/mol. The maximum Gasteiger partial charge on any atom is 0.273 e. The molecule has 0 fully saturated rings. The molecule has 0 aliphatic heterocycles. The van der Waals surface area contributed by atoms with Crippen LogP contribution in [0.3, 0.4) is 0 Å². The SMILES string of the molecule is CC(=O)NCCNC(=O)c1n[nH]nc1C. The van der Waals surface area contributed by atoms with E-state index in [1.54, 1.807) is 6.92 Å². The van der Waals surface area contributed by atoms with Crippen LogP contribution >= 0.6 is 0 Å². The zero-order valence-corrected chi connectivity index (χ0v) is 8.63. The molecule has 0 saturated heterocycles. The minimum atomic E-state index is -0.299. The molecule has 82 valence electrons. The van der Waals surface area contributed by atoms with Gasteiger partial charge in [-0.25, -0.2) is 0 Å². The number of aromatic amines is 1. The summed E-state index contributed by atoms with van der Waals surface area (Å²) in [6, 6.07) is 0. The van der Waals surface area contributed by atoms with Crippen molar-refractivity contribution in [2.24, 2.45) is 0 Å². The number of amides is 2. The van der Waals surface area contributed by atoms with Crippen molar-refractivity contribution in [3.8, 4) is 0 Å². The minimum absolute atomic E-state index is 0.123. The molecule has 0 unspecified atom stereocenters. The molecular formula is C8H13N5O2. The van der Waals surface area contributed by atoms with Gasteiger partial charge in [0.15, 0.2) is 5.69 Å². The fourth-order valence-electron chi connectivity index (χ4n) is 0.997. The van der Waals surface area contributed by atoms with E-state index in [1.807, 2.05) is 0 Å². The predicted octanol–water partition coefficient (Wildman–Crippen LogP) is -1.02. The number of nitrogens with zero attached hydrogens (tertiary/aromatic N) is 2. The number of hydrogen-bond acceptors (Lipinski definition) is 4. The van der Waals surface area contributed by atoms with Gasteiger partial charge in [0.1, 0.15) is 0 Å². The molecule has 2 amide bonds. The Bertz CT molecular complexity index is 360. The lowest BCUT2D eigenvalue weighted by molar-refractivity contribution is -0.118. The van der Waals surface area contributed by atoms with Gasteiger partial charge in [0.25, 0.3) is 5.91 Å². The number of rotatable bonds is 4. The monoisotopic (exact) mass is 211 g/mol. The summed E-state index contributed by atoms with van der Waals surface area (Å²) in [4.78, 5) is 21.9. The van der Waals surface area contributed by atoms with Crippen LogP contribution in [0.5, 0.6) is 0 Å². The van der Waals surface area contributed by atoms with Gasteiger partial charge in [0, 0.05) is 20.0 Å². The quantitative estimate of drug-likeness (QED) is 0.555. The lowest BCUT2D eigenvalue weighted by Gasteiger charge is -2.03. The standard InChI is InChI=1S/C8H13N5O2/c1-5-7(12-13-11-5)8(15)10-4-3-9-6(2)14/h3-4H2,1-2H3,(H,9,14)(H,10,15)(H,11,12,13). The van der Waals surface area contributed by atoms with Gasteiger partial charge in [0.05, 0.1) is 5.69 Å². The van der Waals surface area contributed by atoms with Crippen LogP contribution in [0, 0.1) is 6.92 Å². The number of aromatic nitrogens is 3. The smallest absolute Gasteiger partial charge is 0.273 e. The van der Waals surface area contributed by atoms with Crippen molar-refractivity contribution >= 4 is 11.8 Å². The van der Waals surface area contributed by atoms with Gasteiger partial charge in [-0.15, -0.1) is 0 Å². The van der Waals surface area contributed by atoms with Crippen LogP contribution in [0.2, 0.25) is 0 Å². The molecule has 0 spiro atoms. The second-order valence-corrected chi connectivity index (χ2v) is 3.00. The zero-order valence-electron chi connectivity index (χ0n) is 8.63. The van der Waals surface area contributed by atoms with Crippen molar-refractivity contribution in [1.29, 1.82) is 0 Å². The summed E-state index contributed by atoms with van der Waals surface area (Å²) in [6.07, 6.45) is 0. The number of carbonyl (C=O) groups is 2. The number of carbonyl (C=O) groups excluding carboxylic acids is 2. The molecule has 0 radical (unpaired) electrons. The van der Waals surface area contributed by atoms with E-state index in [0.717, 1.165) is 0 Å². The third-order valence-corrected chi connectivity index (χ3v) is 1.72. The highest BCUT2D eigenvalue weighted by Crippen LogP contribution is 1.96. The molecule has 1 aromatic heterocycles. The molecule has 3 N–H and O–H groups in total. The average molecular weight is 211 g/mol. The van der Waals surface area contributed by atoms with Crippen LogP contribution in [0.4, 0.5) is 0 Å². The Labute approximate surface area is 86.6 Å². The lowest BCUT2D eigenvalue weighted by Crippen LogP contribution is -2.34. The zero-order chi connectivity index (χ0) is 11.3. The summed E-state index contributed by atoms with van der Waals surface area (Å²) in [6.45, 7) is 3.87. The molecule has 0 bridgehead atoms. The van der Waals surface area contributed by atoms with Crippen molar-refractivity contribution in [1.82, 2.24) is 26.0 Å². The molecule has 1 aromatic rings. The molecule has 0 saturated carbocycles. The molecule has 7 heteroatoms. The third-order valence-electron chi connectivity index (χ3n) is 1.72. The number of aryl methyl sites for hydroxylation is 1. The van der Waals surface area contributed by atoms with Gasteiger partial charge in [0.2, 0.25) is 5.91 Å². The Hall–Kier alpha value is -1.92. The summed E-state index contributed by atoms with van der Waals surface area (Å²) >= 11 is 0. The van der Waals surface area contributed by atoms with E-state index in [9.17, 15) is 9.59 Å². The largest absolute Gasteiger partial charge is 0.355 e. The van der Waals surface area contributed by atoms with E-state index in [1.165, 1.54) is 6.92 Å². The molecule has 1 rings (SSSR count). The first-order valence-corrected chi connectivity index (χ1v) is 4.51. The Kier molecular flexibility index (Phi) is 3.78. The van der Waals surface area contributed by atoms with Crippen molar-refractivity contribution in [2.45, 2.75) is 13.8 Å². The van der Waals surface area contributed by atoms with Crippen LogP contribution in [0.1, 0.15) is 23.1 Å². The van der Waals surface area contributed by atoms with Gasteiger partial charge in [-0.2, -0.15) is 15.4 Å². The average Bonchev–Trinajstić information content (AvgIpc) is 2.58. The van der Waals surface area contributed by atoms with Gasteiger partial charge in [-0.05, 0) is 6.92 Å². The van der Waals surface area contributed by atoms with E-state index in [0.29, 0.717) is 18.8 Å². The van der Waals surface area contributed by atoms with Gasteiger partial charge < -0.3 is 10.6 Å². The van der Waals surface area contributed by atoms with Crippen LogP contribution in [0.25, 0.3) is 0 Å². The maximum atomic E-state index is 11.4. The van der Waals surface area contributed by atoms with E-state index in [-0.39, 0.29) is 17.5 Å². The Morgan fingerprint density at radius 1 is 1.27 bits per heavy atom. The molecule has 0 aliphatic carbocycles. The molecule has 0 aromatic carbocycles. The Morgan fingerprint density at radius 3 is 2.47 bits per heavy atom. The van der Waals surface area contributed by atoms with Crippen molar-refractivity contribution in [2.75, 3.05) is 13.1 Å². The molecule has 0 aliphatic rings. The Balaban J connectivity index is 2.31. The molecule has 7 nitrogen and oxygen atoms in total. The molecule has 0 atom stereocenters. The molecule has 15 heavy (non-hydrogen) atoms. The van der Waals surface area contributed by atoms with Gasteiger partial charge in [-0.3, -0.25) is 9.59 Å². The highest BCUT2D eigenvalue weighted by molar-refractivity contribution is 5.93. The summed E-state index contributed by atoms with van der Waals surface area (Å²) in [5.41, 5.74) is 0.824. The van der Waals surface area contributed by atoms with E-state index < -0.39 is 0 Å². The van der Waals surface area contributed by atoms with Crippen LogP contribution in [-0.4, -0.2) is 40.3 Å². The number of nitrogens with one attached hydrogen (secondary N) is 3. The van der Waals surface area contributed by atoms with Gasteiger partial charge in [-0.1, -0.05) is 0 Å². The third kappa shape index (κ3) is 3.37. The van der Waals surface area contributed by atoms with Crippen molar-refractivity contribution in [3.05, 3.63) is 11.4 Å². The lowest BCUT2D eigenvalue weighted by atomic mass is 10.3. The highest BCUT2D eigenvalue weighted by Gasteiger charge is 2.11. The normalized spacial score (nSPS) is 9.73. The van der Waals surface area contributed by atoms with Crippen LogP contribution in [0.15, 0.2) is 0 Å². The van der Waals surface area contributed by atoms with Crippen LogP contribution < -0.4 is 10.6 Å². The van der Waals surface area contributed by atoms with E-state index >= 15 is 0 Å². The van der Waals surface area contributed by atoms with Crippen molar-refractivity contribution in [3.63, 3.8) is 0 Å². The number of H-pyrrole nitrogens is 1. The van der Waals surface area contributed by atoms with E-state index in [4.69, 9.17) is 0 Å². The second kappa shape index (κ2) is 5.08. The molecular weight excluding hydrogens is 198 g/mol. The topological polar surface area (TPSA) is 99.8 Å². The first kappa shape index (κ1) is 11.2. The first-order valence-electron chi connectivity index (χ1n) is 4.51. The fourth-order valence-corrected chi connectivity index (χ4v) is 0.997.